The van der Waals surface area contributed by atoms with Crippen molar-refractivity contribution in [3.05, 3.63) is 29.6 Å². The Morgan fingerprint density at radius 2 is 2.22 bits per heavy atom. The number of hydrogen-bond acceptors (Lipinski definition) is 3. The third kappa shape index (κ3) is 2.53. The molecule has 0 spiro atoms. The fraction of sp³-hybridized carbons (Fsp3) is 0.250. The minimum Gasteiger partial charge on any atom is -0.318 e. The molecule has 1 heterocycles. The number of halogens is 1. The van der Waals surface area contributed by atoms with Gasteiger partial charge in [0.15, 0.2) is 0 Å². The van der Waals surface area contributed by atoms with Gasteiger partial charge in [0, 0.05) is 12.8 Å². The molecule has 6 heteroatoms. The van der Waals surface area contributed by atoms with Crippen molar-refractivity contribution in [1.29, 1.82) is 0 Å². The first-order chi connectivity index (χ1) is 8.58. The molecule has 1 aliphatic rings. The molecule has 1 aromatic carbocycles. The molecule has 0 bridgehead atoms. The molecule has 0 radical (unpaired) electrons. The number of hydrogen-bond donors (Lipinski definition) is 2. The van der Waals surface area contributed by atoms with E-state index in [0.29, 0.717) is 5.56 Å². The van der Waals surface area contributed by atoms with E-state index < -0.39 is 11.7 Å². The summed E-state index contributed by atoms with van der Waals surface area (Å²) in [6.45, 7) is 1.70. The monoisotopic (exact) mass is 249 g/mol. The summed E-state index contributed by atoms with van der Waals surface area (Å²) in [6.07, 6.45) is 0.466. The number of hydrazone groups is 1. The molecule has 5 nitrogen and oxygen atoms in total. The van der Waals surface area contributed by atoms with E-state index in [9.17, 15) is 14.0 Å². The van der Waals surface area contributed by atoms with Crippen LogP contribution in [0.5, 0.6) is 0 Å². The van der Waals surface area contributed by atoms with Crippen LogP contribution in [0.25, 0.3) is 0 Å². The number of amides is 2. The summed E-state index contributed by atoms with van der Waals surface area (Å²) < 4.78 is 13.5. The summed E-state index contributed by atoms with van der Waals surface area (Å²) in [4.78, 5) is 22.7. The molecule has 1 aromatic rings. The van der Waals surface area contributed by atoms with Gasteiger partial charge in [0.2, 0.25) is 5.91 Å². The molecular weight excluding hydrogens is 237 g/mol. The first-order valence-electron chi connectivity index (χ1n) is 5.50. The van der Waals surface area contributed by atoms with Gasteiger partial charge < -0.3 is 5.32 Å². The quantitative estimate of drug-likeness (QED) is 0.830. The molecule has 2 rings (SSSR count). The third-order valence-electron chi connectivity index (χ3n) is 2.63. The minimum atomic E-state index is -0.497. The van der Waals surface area contributed by atoms with Crippen LogP contribution in [0.3, 0.4) is 0 Å². The lowest BCUT2D eigenvalue weighted by Gasteiger charge is -2.13. The van der Waals surface area contributed by atoms with Crippen molar-refractivity contribution in [3.8, 4) is 0 Å². The molecule has 1 aliphatic heterocycles. The maximum Gasteiger partial charge on any atom is 0.271 e. The second kappa shape index (κ2) is 4.95. The zero-order chi connectivity index (χ0) is 13.1. The molecule has 0 aromatic heterocycles. The number of nitrogens with zero attached hydrogens (tertiary/aromatic N) is 1. The Hall–Kier alpha value is -2.24. The van der Waals surface area contributed by atoms with Crippen LogP contribution in [0.1, 0.15) is 18.4 Å². The molecule has 94 valence electrons. The van der Waals surface area contributed by atoms with Crippen LogP contribution in [-0.4, -0.2) is 17.5 Å². The zero-order valence-corrected chi connectivity index (χ0v) is 9.79. The van der Waals surface area contributed by atoms with Crippen LogP contribution in [0, 0.1) is 12.7 Å². The summed E-state index contributed by atoms with van der Waals surface area (Å²) in [5.74, 6) is -1.22. The topological polar surface area (TPSA) is 70.6 Å². The van der Waals surface area contributed by atoms with E-state index in [-0.39, 0.29) is 30.1 Å². The number of benzene rings is 1. The lowest BCUT2D eigenvalue weighted by atomic mass is 10.1. The van der Waals surface area contributed by atoms with E-state index >= 15 is 0 Å². The van der Waals surface area contributed by atoms with Crippen molar-refractivity contribution in [2.75, 3.05) is 5.32 Å². The number of rotatable bonds is 2. The largest absolute Gasteiger partial charge is 0.318 e. The molecule has 0 saturated carbocycles. The van der Waals surface area contributed by atoms with Gasteiger partial charge in [-0.05, 0) is 18.6 Å². The fourth-order valence-electron chi connectivity index (χ4n) is 1.61. The number of carbonyl (C=O) groups is 2. The van der Waals surface area contributed by atoms with Gasteiger partial charge in [-0.15, -0.1) is 0 Å². The summed E-state index contributed by atoms with van der Waals surface area (Å²) in [5, 5.41) is 6.12. The smallest absolute Gasteiger partial charge is 0.271 e. The second-order valence-corrected chi connectivity index (χ2v) is 3.98. The highest BCUT2D eigenvalue weighted by molar-refractivity contribution is 6.43. The maximum absolute atomic E-state index is 13.5. The summed E-state index contributed by atoms with van der Waals surface area (Å²) >= 11 is 0. The Morgan fingerprint density at radius 3 is 2.83 bits per heavy atom. The predicted octanol–water partition coefficient (Wildman–Crippen LogP) is 1.34. The second-order valence-electron chi connectivity index (χ2n) is 3.98. The first kappa shape index (κ1) is 12.2. The van der Waals surface area contributed by atoms with Gasteiger partial charge in [0.05, 0.1) is 5.69 Å². The highest BCUT2D eigenvalue weighted by Gasteiger charge is 2.19. The van der Waals surface area contributed by atoms with Gasteiger partial charge in [-0.25, -0.2) is 9.82 Å². The number of para-hydroxylation sites is 1. The van der Waals surface area contributed by atoms with Gasteiger partial charge in [0.25, 0.3) is 5.91 Å². The van der Waals surface area contributed by atoms with Crippen molar-refractivity contribution in [1.82, 2.24) is 5.43 Å². The van der Waals surface area contributed by atoms with Crippen LogP contribution >= 0.6 is 0 Å². The third-order valence-corrected chi connectivity index (χ3v) is 2.63. The van der Waals surface area contributed by atoms with Crippen LogP contribution < -0.4 is 10.7 Å². The number of carbonyl (C=O) groups excluding carboxylic acids is 2. The fourth-order valence-corrected chi connectivity index (χ4v) is 1.61. The maximum atomic E-state index is 13.5. The number of nitrogens with one attached hydrogen (secondary N) is 2. The average Bonchev–Trinajstić information content (AvgIpc) is 2.34. The van der Waals surface area contributed by atoms with Crippen LogP contribution in [0.15, 0.2) is 23.3 Å². The summed E-state index contributed by atoms with van der Waals surface area (Å²) in [7, 11) is 0. The highest BCUT2D eigenvalue weighted by Crippen LogP contribution is 2.19. The zero-order valence-electron chi connectivity index (χ0n) is 9.79. The summed E-state index contributed by atoms with van der Waals surface area (Å²) in [6, 6.07) is 4.54. The van der Waals surface area contributed by atoms with Gasteiger partial charge >= 0.3 is 0 Å². The molecule has 0 fully saturated rings. The van der Waals surface area contributed by atoms with Crippen molar-refractivity contribution >= 4 is 23.2 Å². The first-order valence-corrected chi connectivity index (χ1v) is 5.50. The standard InChI is InChI=1S/C12H12FN3O2/c1-7-3-2-4-8(13)11(7)14-12(18)9-5-6-10(17)16-15-9/h2-4H,5-6H2,1H3,(H,14,18)(H,16,17). The Balaban J connectivity index is 2.15. The van der Waals surface area contributed by atoms with Crippen molar-refractivity contribution in [3.63, 3.8) is 0 Å². The molecule has 18 heavy (non-hydrogen) atoms. The van der Waals surface area contributed by atoms with E-state index in [4.69, 9.17) is 0 Å². The van der Waals surface area contributed by atoms with Gasteiger partial charge in [-0.1, -0.05) is 12.1 Å². The van der Waals surface area contributed by atoms with Gasteiger partial charge in [0.1, 0.15) is 11.5 Å². The molecule has 0 atom stereocenters. The molecule has 2 amide bonds. The minimum absolute atomic E-state index is 0.141. The Labute approximate surface area is 103 Å². The summed E-state index contributed by atoms with van der Waals surface area (Å²) in [5.41, 5.74) is 3.18. The predicted molar refractivity (Wildman–Crippen MR) is 64.6 cm³/mol. The van der Waals surface area contributed by atoms with Gasteiger partial charge in [-0.2, -0.15) is 5.10 Å². The lowest BCUT2D eigenvalue weighted by Crippen LogP contribution is -2.33. The van der Waals surface area contributed by atoms with Crippen LogP contribution in [0.4, 0.5) is 10.1 Å². The van der Waals surface area contributed by atoms with Crippen LogP contribution in [0.2, 0.25) is 0 Å². The SMILES string of the molecule is Cc1cccc(F)c1NC(=O)C1=NNC(=O)CC1. The van der Waals surface area contributed by atoms with E-state index in [2.05, 4.69) is 15.8 Å². The Kier molecular flexibility index (Phi) is 3.36. The molecular formula is C12H12FN3O2. The number of aryl methyl sites for hydroxylation is 1. The van der Waals surface area contributed by atoms with E-state index in [1.165, 1.54) is 6.07 Å². The van der Waals surface area contributed by atoms with Gasteiger partial charge in [-0.3, -0.25) is 9.59 Å². The van der Waals surface area contributed by atoms with Crippen molar-refractivity contribution < 1.29 is 14.0 Å². The molecule has 0 aliphatic carbocycles. The Bertz CT molecular complexity index is 520. The van der Waals surface area contributed by atoms with Crippen LogP contribution in [-0.2, 0) is 9.59 Å². The van der Waals surface area contributed by atoms with Crippen molar-refractivity contribution in [2.45, 2.75) is 19.8 Å². The molecule has 2 N–H and O–H groups in total. The lowest BCUT2D eigenvalue weighted by molar-refractivity contribution is -0.121. The van der Waals surface area contributed by atoms with E-state index in [0.717, 1.165) is 0 Å². The highest BCUT2D eigenvalue weighted by atomic mass is 19.1. The van der Waals surface area contributed by atoms with E-state index in [1.807, 2.05) is 0 Å². The molecule has 0 saturated heterocycles. The van der Waals surface area contributed by atoms with E-state index in [1.54, 1.807) is 19.1 Å². The normalized spacial score (nSPS) is 14.8. The average molecular weight is 249 g/mol. The molecule has 0 unspecified atom stereocenters. The number of anilines is 1. The van der Waals surface area contributed by atoms with Crippen molar-refractivity contribution in [2.24, 2.45) is 5.10 Å². The Morgan fingerprint density at radius 1 is 1.44 bits per heavy atom.